The van der Waals surface area contributed by atoms with Crippen LogP contribution in [0.3, 0.4) is 0 Å². The number of benzene rings is 2. The number of aromatic hydroxyl groups is 1. The topological polar surface area (TPSA) is 67.8 Å². The van der Waals surface area contributed by atoms with Crippen molar-refractivity contribution >= 4 is 11.7 Å². The molecule has 0 radical (unpaired) electrons. The van der Waals surface area contributed by atoms with Gasteiger partial charge in [-0.05, 0) is 54.3 Å². The van der Waals surface area contributed by atoms with Gasteiger partial charge in [-0.1, -0.05) is 26.8 Å². The van der Waals surface area contributed by atoms with E-state index in [0.29, 0.717) is 5.56 Å². The molecule has 0 saturated carbocycles. The molecule has 1 atom stereocenters. The molecule has 0 spiro atoms. The molecule has 140 valence electrons. The summed E-state index contributed by atoms with van der Waals surface area (Å²) in [5, 5.41) is 13.5. The molecule has 2 aromatic carbocycles. The largest absolute Gasteiger partial charge is 0.508 e. The summed E-state index contributed by atoms with van der Waals surface area (Å²) in [6.45, 7) is 8.27. The lowest BCUT2D eigenvalue weighted by Gasteiger charge is -2.24. The molecule has 0 aromatic heterocycles. The van der Waals surface area contributed by atoms with E-state index >= 15 is 0 Å². The van der Waals surface area contributed by atoms with Crippen molar-refractivity contribution in [1.82, 2.24) is 0 Å². The van der Waals surface area contributed by atoms with Crippen molar-refractivity contribution in [3.8, 4) is 11.5 Å². The van der Waals surface area contributed by atoms with E-state index in [2.05, 4.69) is 26.1 Å². The predicted molar refractivity (Wildman–Crippen MR) is 103 cm³/mol. The molecule has 0 aliphatic carbocycles. The van der Waals surface area contributed by atoms with E-state index in [-0.39, 0.29) is 17.8 Å². The molecule has 5 nitrogen and oxygen atoms in total. The maximum Gasteiger partial charge on any atom is 0.333 e. The fraction of sp³-hybridized carbons (Fsp3) is 0.381. The summed E-state index contributed by atoms with van der Waals surface area (Å²) in [6, 6.07) is 11.8. The number of carbonyl (C=O) groups excluding carboxylic acids is 1. The molecule has 0 amide bonds. The third-order valence-electron chi connectivity index (χ3n) is 4.13. The van der Waals surface area contributed by atoms with Crippen molar-refractivity contribution in [2.24, 2.45) is 0 Å². The predicted octanol–water partition coefficient (Wildman–Crippen LogP) is 4.41. The van der Waals surface area contributed by atoms with E-state index < -0.39 is 12.0 Å². The van der Waals surface area contributed by atoms with E-state index in [9.17, 15) is 9.90 Å². The number of rotatable bonds is 6. The van der Waals surface area contributed by atoms with Crippen LogP contribution in [0.1, 0.15) is 44.9 Å². The first kappa shape index (κ1) is 19.6. The Balaban J connectivity index is 2.42. The summed E-state index contributed by atoms with van der Waals surface area (Å²) in [7, 11) is 1.60. The van der Waals surface area contributed by atoms with Gasteiger partial charge in [0, 0.05) is 11.3 Å². The van der Waals surface area contributed by atoms with Crippen LogP contribution in [0.25, 0.3) is 0 Å². The van der Waals surface area contributed by atoms with Crippen LogP contribution in [0.4, 0.5) is 5.69 Å². The quantitative estimate of drug-likeness (QED) is 0.749. The number of esters is 1. The van der Waals surface area contributed by atoms with Crippen molar-refractivity contribution in [3.05, 3.63) is 53.6 Å². The van der Waals surface area contributed by atoms with Crippen LogP contribution < -0.4 is 10.1 Å². The van der Waals surface area contributed by atoms with Gasteiger partial charge in [-0.3, -0.25) is 0 Å². The number of ether oxygens (including phenoxy) is 2. The van der Waals surface area contributed by atoms with Gasteiger partial charge >= 0.3 is 5.97 Å². The monoisotopic (exact) mass is 357 g/mol. The molecular formula is C21H27NO4. The number of phenols is 1. The highest BCUT2D eigenvalue weighted by Gasteiger charge is 2.27. The lowest BCUT2D eigenvalue weighted by atomic mass is 9.85. The van der Waals surface area contributed by atoms with E-state index in [1.165, 1.54) is 0 Å². The Bertz CT molecular complexity index is 748. The van der Waals surface area contributed by atoms with Gasteiger partial charge in [0.25, 0.3) is 0 Å². The fourth-order valence-corrected chi connectivity index (χ4v) is 2.60. The third kappa shape index (κ3) is 4.69. The van der Waals surface area contributed by atoms with Gasteiger partial charge in [-0.2, -0.15) is 0 Å². The van der Waals surface area contributed by atoms with Crippen molar-refractivity contribution in [2.75, 3.05) is 19.0 Å². The highest BCUT2D eigenvalue weighted by Crippen LogP contribution is 2.33. The van der Waals surface area contributed by atoms with Gasteiger partial charge in [-0.15, -0.1) is 0 Å². The summed E-state index contributed by atoms with van der Waals surface area (Å²) in [5.74, 6) is 0.336. The van der Waals surface area contributed by atoms with Crippen LogP contribution >= 0.6 is 0 Å². The van der Waals surface area contributed by atoms with E-state index in [1.807, 2.05) is 24.3 Å². The molecule has 5 heteroatoms. The molecule has 0 aliphatic rings. The van der Waals surface area contributed by atoms with E-state index in [0.717, 1.165) is 17.0 Å². The zero-order chi connectivity index (χ0) is 19.3. The zero-order valence-electron chi connectivity index (χ0n) is 16.0. The average Bonchev–Trinajstić information content (AvgIpc) is 2.60. The molecule has 0 fully saturated rings. The lowest BCUT2D eigenvalue weighted by molar-refractivity contribution is -0.144. The van der Waals surface area contributed by atoms with Crippen LogP contribution in [-0.2, 0) is 14.9 Å². The Labute approximate surface area is 155 Å². The molecule has 0 heterocycles. The van der Waals surface area contributed by atoms with Gasteiger partial charge in [0.05, 0.1) is 13.7 Å². The summed E-state index contributed by atoms with van der Waals surface area (Å²) in [4.78, 5) is 12.6. The second kappa shape index (κ2) is 8.13. The van der Waals surface area contributed by atoms with Gasteiger partial charge < -0.3 is 19.9 Å². The van der Waals surface area contributed by atoms with Crippen molar-refractivity contribution in [1.29, 1.82) is 0 Å². The minimum Gasteiger partial charge on any atom is -0.508 e. The van der Waals surface area contributed by atoms with Crippen molar-refractivity contribution in [2.45, 2.75) is 39.2 Å². The van der Waals surface area contributed by atoms with Gasteiger partial charge in [-0.25, -0.2) is 4.79 Å². The molecule has 0 bridgehead atoms. The third-order valence-corrected chi connectivity index (χ3v) is 4.13. The van der Waals surface area contributed by atoms with E-state index in [1.54, 1.807) is 32.2 Å². The second-order valence-electron chi connectivity index (χ2n) is 7.08. The molecule has 2 rings (SSSR count). The first-order chi connectivity index (χ1) is 12.3. The van der Waals surface area contributed by atoms with Gasteiger partial charge in [0.15, 0.2) is 6.04 Å². The molecule has 26 heavy (non-hydrogen) atoms. The number of carbonyl (C=O) groups is 1. The molecule has 2 N–H and O–H groups in total. The van der Waals surface area contributed by atoms with Crippen molar-refractivity contribution < 1.29 is 19.4 Å². The smallest absolute Gasteiger partial charge is 0.333 e. The average molecular weight is 357 g/mol. The van der Waals surface area contributed by atoms with Crippen LogP contribution in [0, 0.1) is 0 Å². The highest BCUT2D eigenvalue weighted by molar-refractivity contribution is 5.82. The fourth-order valence-electron chi connectivity index (χ4n) is 2.60. The standard InChI is InChI=1S/C21H27NO4/c1-6-26-20(24)19(22-15-8-10-16(25-5)11-9-15)17-13-14(21(2,3)4)7-12-18(17)23/h7-13,19,22-23H,6H2,1-5H3. The minimum atomic E-state index is -0.814. The highest BCUT2D eigenvalue weighted by atomic mass is 16.5. The number of methoxy groups -OCH3 is 1. The summed E-state index contributed by atoms with van der Waals surface area (Å²) >= 11 is 0. The lowest BCUT2D eigenvalue weighted by Crippen LogP contribution is -2.24. The Morgan fingerprint density at radius 3 is 2.35 bits per heavy atom. The van der Waals surface area contributed by atoms with E-state index in [4.69, 9.17) is 9.47 Å². The first-order valence-electron chi connectivity index (χ1n) is 8.67. The van der Waals surface area contributed by atoms with Crippen LogP contribution in [0.5, 0.6) is 11.5 Å². The number of hydrogen-bond donors (Lipinski definition) is 2. The molecule has 0 saturated heterocycles. The first-order valence-corrected chi connectivity index (χ1v) is 8.67. The Hall–Kier alpha value is -2.69. The zero-order valence-corrected chi connectivity index (χ0v) is 16.0. The molecular weight excluding hydrogens is 330 g/mol. The van der Waals surface area contributed by atoms with Crippen LogP contribution in [-0.4, -0.2) is 24.8 Å². The number of phenolic OH excluding ortho intramolecular Hbond substituents is 1. The summed E-state index contributed by atoms with van der Waals surface area (Å²) < 4.78 is 10.4. The summed E-state index contributed by atoms with van der Waals surface area (Å²) in [5.41, 5.74) is 2.13. The van der Waals surface area contributed by atoms with Gasteiger partial charge in [0.1, 0.15) is 11.5 Å². The number of nitrogens with one attached hydrogen (secondary N) is 1. The normalized spacial score (nSPS) is 12.3. The summed E-state index contributed by atoms with van der Waals surface area (Å²) in [6.07, 6.45) is 0. The SMILES string of the molecule is CCOC(=O)C(Nc1ccc(OC)cc1)c1cc(C(C)(C)C)ccc1O. The maximum atomic E-state index is 12.6. The maximum absolute atomic E-state index is 12.6. The minimum absolute atomic E-state index is 0.0528. The number of anilines is 1. The Kier molecular flexibility index (Phi) is 6.14. The Morgan fingerprint density at radius 1 is 1.15 bits per heavy atom. The molecule has 0 aliphatic heterocycles. The second-order valence-corrected chi connectivity index (χ2v) is 7.08. The Morgan fingerprint density at radius 2 is 1.81 bits per heavy atom. The molecule has 1 unspecified atom stereocenters. The van der Waals surface area contributed by atoms with Crippen LogP contribution in [0.2, 0.25) is 0 Å². The molecule has 2 aromatic rings. The van der Waals surface area contributed by atoms with Crippen LogP contribution in [0.15, 0.2) is 42.5 Å². The van der Waals surface area contributed by atoms with Crippen molar-refractivity contribution in [3.63, 3.8) is 0 Å². The number of hydrogen-bond acceptors (Lipinski definition) is 5. The van der Waals surface area contributed by atoms with Gasteiger partial charge in [0.2, 0.25) is 0 Å².